The third-order valence-corrected chi connectivity index (χ3v) is 8.42. The van der Waals surface area contributed by atoms with Gasteiger partial charge in [0.1, 0.15) is 5.75 Å². The molecule has 1 heterocycles. The monoisotopic (exact) mass is 687 g/mol. The minimum Gasteiger partial charge on any atom is -0.494 e. The molecule has 0 unspecified atom stereocenters. The van der Waals surface area contributed by atoms with Crippen molar-refractivity contribution in [3.8, 4) is 5.75 Å². The molecule has 0 saturated heterocycles. The van der Waals surface area contributed by atoms with E-state index < -0.39 is 11.6 Å². The summed E-state index contributed by atoms with van der Waals surface area (Å²) in [6.45, 7) is 0.768. The molecule has 0 spiro atoms. The Morgan fingerprint density at radius 2 is 1.87 bits per heavy atom. The second-order valence-corrected chi connectivity index (χ2v) is 11.7. The van der Waals surface area contributed by atoms with Gasteiger partial charge in [-0.1, -0.05) is 87.2 Å². The van der Waals surface area contributed by atoms with Gasteiger partial charge in [-0.25, -0.2) is 4.99 Å². The number of carbonyl (C=O) groups is 1. The van der Waals surface area contributed by atoms with E-state index in [4.69, 9.17) is 31.2 Å². The third-order valence-electron chi connectivity index (χ3n) is 7.41. The predicted molar refractivity (Wildman–Crippen MR) is 178 cm³/mol. The smallest absolute Gasteiger partial charge is 0.252 e. The molecule has 0 radical (unpaired) electrons. The summed E-state index contributed by atoms with van der Waals surface area (Å²) in [7, 11) is 0. The number of hydrogen-bond donors (Lipinski definition) is 2. The van der Waals surface area contributed by atoms with Crippen LogP contribution in [0.5, 0.6) is 5.75 Å². The first-order chi connectivity index (χ1) is 21.9. The first-order valence-corrected chi connectivity index (χ1v) is 15.6. The number of aliphatic hydroxyl groups excluding tert-OH is 1. The van der Waals surface area contributed by atoms with Gasteiger partial charge in [0, 0.05) is 57.2 Å². The van der Waals surface area contributed by atoms with Gasteiger partial charge in [-0.2, -0.15) is 0 Å². The highest BCUT2D eigenvalue weighted by molar-refractivity contribution is 9.10. The van der Waals surface area contributed by atoms with Gasteiger partial charge in [-0.05, 0) is 65.5 Å². The summed E-state index contributed by atoms with van der Waals surface area (Å²) in [6.07, 6.45) is 0.354. The summed E-state index contributed by atoms with van der Waals surface area (Å²) in [6, 6.07) is 29.4. The zero-order valence-electron chi connectivity index (χ0n) is 24.3. The Bertz CT molecular complexity index is 1730. The summed E-state index contributed by atoms with van der Waals surface area (Å²) in [4.78, 5) is 22.6. The molecule has 230 valence electrons. The Hall–Kier alpha value is -4.34. The molecule has 2 N–H and O–H groups in total. The molecule has 5 rings (SSSR count). The van der Waals surface area contributed by atoms with Gasteiger partial charge in [0.25, 0.3) is 5.91 Å². The lowest BCUT2D eigenvalue weighted by molar-refractivity contribution is -0.128. The summed E-state index contributed by atoms with van der Waals surface area (Å²) in [5.41, 5.74) is 11.3. The van der Waals surface area contributed by atoms with Crippen molar-refractivity contribution in [2.75, 3.05) is 19.8 Å². The number of azide groups is 1. The number of aliphatic hydroxyl groups is 1. The lowest BCUT2D eigenvalue weighted by Crippen LogP contribution is -2.50. The fraction of sp³-hybridized carbons (Fsp3) is 0.235. The van der Waals surface area contributed by atoms with Crippen LogP contribution in [0.25, 0.3) is 10.4 Å². The lowest BCUT2D eigenvalue weighted by atomic mass is 9.81. The maximum Gasteiger partial charge on any atom is 0.252 e. The molecule has 9 nitrogen and oxygen atoms in total. The number of rotatable bonds is 13. The zero-order valence-corrected chi connectivity index (χ0v) is 26.6. The topological polar surface area (TPSA) is 129 Å². The Balaban J connectivity index is 1.57. The number of hydrogen-bond acceptors (Lipinski definition) is 6. The average molecular weight is 689 g/mol. The van der Waals surface area contributed by atoms with Crippen LogP contribution in [0.15, 0.2) is 112 Å². The van der Waals surface area contributed by atoms with E-state index in [1.54, 1.807) is 30.3 Å². The van der Waals surface area contributed by atoms with Crippen LogP contribution in [0.4, 0.5) is 5.69 Å². The number of aliphatic imine (C=N–C) groups is 1. The Kier molecular flexibility index (Phi) is 10.8. The standard InChI is InChI=1S/C34H31BrClN5O4/c35-29-11-3-1-8-25(29)22-34(33(43)38-18-17-23-7-5-9-26(36)21-23)31(28-10-2-4-12-30(28)40-41-37)45-32(39-34)24-13-15-27(16-14-24)44-20-6-19-42/h1-5,7-16,21,31,42H,6,17-20,22H2,(H,38,43)/t31-,34-/m1/s1. The maximum atomic E-state index is 14.5. The molecule has 11 heteroatoms. The number of carbonyl (C=O) groups excluding carboxylic acids is 1. The van der Waals surface area contributed by atoms with Gasteiger partial charge in [-0.3, -0.25) is 4.79 Å². The minimum atomic E-state index is -1.47. The van der Waals surface area contributed by atoms with E-state index in [1.165, 1.54) is 0 Å². The minimum absolute atomic E-state index is 0.0439. The summed E-state index contributed by atoms with van der Waals surface area (Å²) in [5.74, 6) is 0.573. The largest absolute Gasteiger partial charge is 0.494 e. The van der Waals surface area contributed by atoms with E-state index in [0.717, 1.165) is 15.6 Å². The lowest BCUT2D eigenvalue weighted by Gasteiger charge is -2.31. The zero-order chi connectivity index (χ0) is 31.6. The summed E-state index contributed by atoms with van der Waals surface area (Å²) < 4.78 is 13.1. The van der Waals surface area contributed by atoms with Crippen molar-refractivity contribution in [3.63, 3.8) is 0 Å². The van der Waals surface area contributed by atoms with Crippen LogP contribution in [-0.4, -0.2) is 42.2 Å². The van der Waals surface area contributed by atoms with Crippen molar-refractivity contribution < 1.29 is 19.4 Å². The van der Waals surface area contributed by atoms with Crippen molar-refractivity contribution in [1.82, 2.24) is 5.32 Å². The number of halogens is 2. The molecule has 1 aliphatic rings. The summed E-state index contributed by atoms with van der Waals surface area (Å²) >= 11 is 9.83. The highest BCUT2D eigenvalue weighted by atomic mass is 79.9. The Labute approximate surface area is 274 Å². The third kappa shape index (κ3) is 7.67. The van der Waals surface area contributed by atoms with E-state index in [0.29, 0.717) is 53.6 Å². The molecule has 0 bridgehead atoms. The SMILES string of the molecule is [N-]=[N+]=Nc1ccccc1[C@H]1OC(c2ccc(OCCCO)cc2)=N[C@@]1(Cc1ccccc1Br)C(=O)NCCc1cccc(Cl)c1. The van der Waals surface area contributed by atoms with Crippen molar-refractivity contribution in [1.29, 1.82) is 0 Å². The van der Waals surface area contributed by atoms with Crippen LogP contribution in [0, 0.1) is 0 Å². The molecule has 0 fully saturated rings. The molecular formula is C34H31BrClN5O4. The number of nitrogens with zero attached hydrogens (tertiary/aromatic N) is 4. The van der Waals surface area contributed by atoms with Crippen LogP contribution >= 0.6 is 27.5 Å². The molecule has 4 aromatic carbocycles. The van der Waals surface area contributed by atoms with Crippen LogP contribution in [0.2, 0.25) is 5.02 Å². The van der Waals surface area contributed by atoms with Gasteiger partial charge < -0.3 is 19.9 Å². The number of benzene rings is 4. The molecule has 1 aliphatic heterocycles. The normalized spacial score (nSPS) is 17.1. The van der Waals surface area contributed by atoms with E-state index in [2.05, 4.69) is 31.3 Å². The van der Waals surface area contributed by atoms with Gasteiger partial charge in [0.2, 0.25) is 5.90 Å². The number of ether oxygens (including phenoxy) is 2. The van der Waals surface area contributed by atoms with E-state index in [1.807, 2.05) is 66.7 Å². The second kappa shape index (κ2) is 15.1. The Morgan fingerprint density at radius 3 is 2.62 bits per heavy atom. The highest BCUT2D eigenvalue weighted by Gasteiger charge is 2.54. The van der Waals surface area contributed by atoms with Crippen molar-refractivity contribution in [2.45, 2.75) is 30.9 Å². The van der Waals surface area contributed by atoms with E-state index >= 15 is 0 Å². The van der Waals surface area contributed by atoms with Crippen molar-refractivity contribution in [2.24, 2.45) is 10.1 Å². The van der Waals surface area contributed by atoms with E-state index in [-0.39, 0.29) is 24.8 Å². The number of nitrogens with one attached hydrogen (secondary N) is 1. The number of amides is 1. The van der Waals surface area contributed by atoms with Crippen LogP contribution in [0.1, 0.15) is 34.8 Å². The van der Waals surface area contributed by atoms with Crippen LogP contribution in [-0.2, 0) is 22.4 Å². The van der Waals surface area contributed by atoms with Gasteiger partial charge in [0.15, 0.2) is 11.6 Å². The second-order valence-electron chi connectivity index (χ2n) is 10.4. The first kappa shape index (κ1) is 32.1. The quantitative estimate of drug-likeness (QED) is 0.0647. The maximum absolute atomic E-state index is 14.5. The van der Waals surface area contributed by atoms with Crippen molar-refractivity contribution >= 4 is 45.0 Å². The predicted octanol–water partition coefficient (Wildman–Crippen LogP) is 7.66. The molecule has 4 aromatic rings. The van der Waals surface area contributed by atoms with E-state index in [9.17, 15) is 10.3 Å². The average Bonchev–Trinajstić information content (AvgIpc) is 3.43. The fourth-order valence-corrected chi connectivity index (χ4v) is 5.84. The fourth-order valence-electron chi connectivity index (χ4n) is 5.21. The molecule has 45 heavy (non-hydrogen) atoms. The molecular weight excluding hydrogens is 658 g/mol. The highest BCUT2D eigenvalue weighted by Crippen LogP contribution is 2.46. The van der Waals surface area contributed by atoms with Crippen LogP contribution < -0.4 is 10.1 Å². The van der Waals surface area contributed by atoms with Gasteiger partial charge >= 0.3 is 0 Å². The first-order valence-electron chi connectivity index (χ1n) is 14.4. The Morgan fingerprint density at radius 1 is 1.09 bits per heavy atom. The molecule has 0 aromatic heterocycles. The van der Waals surface area contributed by atoms with Crippen molar-refractivity contribution in [3.05, 3.63) is 139 Å². The van der Waals surface area contributed by atoms with Crippen LogP contribution in [0.3, 0.4) is 0 Å². The molecule has 0 aliphatic carbocycles. The molecule has 2 atom stereocenters. The van der Waals surface area contributed by atoms with Gasteiger partial charge in [0.05, 0.1) is 6.61 Å². The van der Waals surface area contributed by atoms with Gasteiger partial charge in [-0.15, -0.1) is 0 Å². The summed E-state index contributed by atoms with van der Waals surface area (Å²) in [5, 5.41) is 16.7. The molecule has 0 saturated carbocycles. The molecule has 1 amide bonds.